The van der Waals surface area contributed by atoms with Gasteiger partial charge >= 0.3 is 0 Å². The highest BCUT2D eigenvalue weighted by Crippen LogP contribution is 2.40. The predicted molar refractivity (Wildman–Crippen MR) is 94.4 cm³/mol. The number of para-hydroxylation sites is 1. The molecule has 2 nitrogen and oxygen atoms in total. The van der Waals surface area contributed by atoms with E-state index in [4.69, 9.17) is 4.98 Å². The first kappa shape index (κ1) is 15.3. The summed E-state index contributed by atoms with van der Waals surface area (Å²) in [7, 11) is 0. The van der Waals surface area contributed by atoms with Crippen LogP contribution in [-0.2, 0) is 0 Å². The number of thioether (sulfide) groups is 1. The van der Waals surface area contributed by atoms with E-state index in [-0.39, 0.29) is 0 Å². The third-order valence-electron chi connectivity index (χ3n) is 4.47. The number of rotatable bonds is 5. The molecular formula is C17H24N2S2. The zero-order valence-electron chi connectivity index (χ0n) is 12.8. The first-order valence-electron chi connectivity index (χ1n) is 8.05. The molecule has 3 atom stereocenters. The van der Waals surface area contributed by atoms with Gasteiger partial charge in [-0.15, -0.1) is 11.3 Å². The molecule has 21 heavy (non-hydrogen) atoms. The highest BCUT2D eigenvalue weighted by molar-refractivity contribution is 8.01. The van der Waals surface area contributed by atoms with Crippen molar-refractivity contribution in [3.63, 3.8) is 0 Å². The standard InChI is InChI=1S/C17H24N2S2/c1-3-12-9-10-13(18-4-2)16(11-12)21-17-19-14-7-5-6-8-15(14)20-17/h5-8,12-13,16,18H,3-4,9-11H2,1-2H3. The van der Waals surface area contributed by atoms with Crippen molar-refractivity contribution in [1.82, 2.24) is 10.3 Å². The average Bonchev–Trinajstić information content (AvgIpc) is 2.91. The molecule has 0 saturated heterocycles. The molecule has 0 spiro atoms. The van der Waals surface area contributed by atoms with E-state index in [1.165, 1.54) is 34.7 Å². The van der Waals surface area contributed by atoms with E-state index in [1.807, 2.05) is 23.1 Å². The molecule has 2 aromatic rings. The van der Waals surface area contributed by atoms with Crippen LogP contribution in [0.1, 0.15) is 39.5 Å². The van der Waals surface area contributed by atoms with E-state index in [0.717, 1.165) is 18.0 Å². The topological polar surface area (TPSA) is 24.9 Å². The minimum Gasteiger partial charge on any atom is -0.313 e. The fraction of sp³-hybridized carbons (Fsp3) is 0.588. The molecule has 3 unspecified atom stereocenters. The first-order chi connectivity index (χ1) is 10.3. The molecule has 0 bridgehead atoms. The van der Waals surface area contributed by atoms with E-state index in [9.17, 15) is 0 Å². The lowest BCUT2D eigenvalue weighted by Crippen LogP contribution is -2.42. The lowest BCUT2D eigenvalue weighted by atomic mass is 9.84. The molecular weight excluding hydrogens is 296 g/mol. The fourth-order valence-corrected chi connectivity index (χ4v) is 5.94. The van der Waals surface area contributed by atoms with Crippen molar-refractivity contribution < 1.29 is 0 Å². The molecule has 0 radical (unpaired) electrons. The van der Waals surface area contributed by atoms with Crippen LogP contribution in [0.3, 0.4) is 0 Å². The number of benzene rings is 1. The molecule has 1 aromatic heterocycles. The van der Waals surface area contributed by atoms with Gasteiger partial charge < -0.3 is 5.32 Å². The molecule has 114 valence electrons. The summed E-state index contributed by atoms with van der Waals surface area (Å²) >= 11 is 3.85. The normalized spacial score (nSPS) is 26.3. The van der Waals surface area contributed by atoms with Crippen LogP contribution in [0.25, 0.3) is 10.2 Å². The van der Waals surface area contributed by atoms with Crippen molar-refractivity contribution >= 4 is 33.3 Å². The Morgan fingerprint density at radius 2 is 2.14 bits per heavy atom. The van der Waals surface area contributed by atoms with E-state index in [2.05, 4.69) is 43.4 Å². The lowest BCUT2D eigenvalue weighted by Gasteiger charge is -2.35. The molecule has 0 aliphatic heterocycles. The quantitative estimate of drug-likeness (QED) is 0.844. The summed E-state index contributed by atoms with van der Waals surface area (Å²) in [6, 6.07) is 9.12. The van der Waals surface area contributed by atoms with E-state index < -0.39 is 0 Å². The molecule has 1 fully saturated rings. The molecule has 1 N–H and O–H groups in total. The zero-order chi connectivity index (χ0) is 14.7. The van der Waals surface area contributed by atoms with Crippen LogP contribution in [0, 0.1) is 5.92 Å². The van der Waals surface area contributed by atoms with Crippen LogP contribution < -0.4 is 5.32 Å². The van der Waals surface area contributed by atoms with Gasteiger partial charge in [0.2, 0.25) is 0 Å². The van der Waals surface area contributed by atoms with Crippen molar-refractivity contribution in [3.8, 4) is 0 Å². The Balaban J connectivity index is 1.75. The number of aromatic nitrogens is 1. The van der Waals surface area contributed by atoms with Gasteiger partial charge in [0.15, 0.2) is 4.34 Å². The maximum atomic E-state index is 4.81. The second-order valence-corrected chi connectivity index (χ2v) is 8.37. The number of nitrogens with one attached hydrogen (secondary N) is 1. The predicted octanol–water partition coefficient (Wildman–Crippen LogP) is 4.95. The van der Waals surface area contributed by atoms with Crippen molar-refractivity contribution in [1.29, 1.82) is 0 Å². The van der Waals surface area contributed by atoms with Crippen LogP contribution in [0.15, 0.2) is 28.6 Å². The van der Waals surface area contributed by atoms with Crippen LogP contribution >= 0.6 is 23.1 Å². The maximum absolute atomic E-state index is 4.81. The Morgan fingerprint density at radius 3 is 2.90 bits per heavy atom. The van der Waals surface area contributed by atoms with E-state index in [0.29, 0.717) is 11.3 Å². The Bertz CT molecular complexity index is 548. The van der Waals surface area contributed by atoms with Gasteiger partial charge in [0.05, 0.1) is 10.2 Å². The summed E-state index contributed by atoms with van der Waals surface area (Å²) in [4.78, 5) is 4.81. The monoisotopic (exact) mass is 320 g/mol. The molecule has 1 aliphatic carbocycles. The molecule has 1 saturated carbocycles. The minimum atomic E-state index is 0.648. The molecule has 1 heterocycles. The van der Waals surface area contributed by atoms with Crippen LogP contribution in [0.4, 0.5) is 0 Å². The Morgan fingerprint density at radius 1 is 1.29 bits per heavy atom. The van der Waals surface area contributed by atoms with Crippen LogP contribution in [-0.4, -0.2) is 22.8 Å². The van der Waals surface area contributed by atoms with Crippen LogP contribution in [0.5, 0.6) is 0 Å². The molecule has 1 aliphatic rings. The van der Waals surface area contributed by atoms with Crippen molar-refractivity contribution in [3.05, 3.63) is 24.3 Å². The maximum Gasteiger partial charge on any atom is 0.151 e. The summed E-state index contributed by atoms with van der Waals surface area (Å²) in [6.07, 6.45) is 5.34. The number of nitrogens with zero attached hydrogens (tertiary/aromatic N) is 1. The number of thiazole rings is 1. The van der Waals surface area contributed by atoms with Gasteiger partial charge in [-0.3, -0.25) is 0 Å². The second kappa shape index (κ2) is 7.12. The third-order valence-corrected chi connectivity index (χ3v) is 6.96. The molecule has 0 amide bonds. The van der Waals surface area contributed by atoms with Gasteiger partial charge in [-0.25, -0.2) is 4.98 Å². The van der Waals surface area contributed by atoms with Crippen molar-refractivity contribution in [2.24, 2.45) is 5.92 Å². The zero-order valence-corrected chi connectivity index (χ0v) is 14.5. The summed E-state index contributed by atoms with van der Waals surface area (Å²) in [6.45, 7) is 5.61. The lowest BCUT2D eigenvalue weighted by molar-refractivity contribution is 0.298. The Labute approximate surface area is 135 Å². The van der Waals surface area contributed by atoms with Gasteiger partial charge in [-0.05, 0) is 43.9 Å². The fourth-order valence-electron chi connectivity index (χ4n) is 3.24. The first-order valence-corrected chi connectivity index (χ1v) is 9.75. The highest BCUT2D eigenvalue weighted by atomic mass is 32.2. The molecule has 4 heteroatoms. The average molecular weight is 321 g/mol. The van der Waals surface area contributed by atoms with Gasteiger partial charge in [-0.2, -0.15) is 0 Å². The third kappa shape index (κ3) is 3.61. The Kier molecular flexibility index (Phi) is 5.19. The van der Waals surface area contributed by atoms with Gasteiger partial charge in [0, 0.05) is 11.3 Å². The second-order valence-electron chi connectivity index (χ2n) is 5.86. The Hall–Kier alpha value is -0.580. The largest absolute Gasteiger partial charge is 0.313 e. The highest BCUT2D eigenvalue weighted by Gasteiger charge is 2.30. The number of hydrogen-bond donors (Lipinski definition) is 1. The minimum absolute atomic E-state index is 0.648. The van der Waals surface area contributed by atoms with E-state index in [1.54, 1.807) is 0 Å². The SMILES string of the molecule is CCNC1CCC(CC)CC1Sc1nc2ccccc2s1. The summed E-state index contributed by atoms with van der Waals surface area (Å²) in [5.41, 5.74) is 1.15. The molecule has 1 aromatic carbocycles. The van der Waals surface area contributed by atoms with Gasteiger partial charge in [0.25, 0.3) is 0 Å². The summed E-state index contributed by atoms with van der Waals surface area (Å²) < 4.78 is 2.55. The molecule has 3 rings (SSSR count). The summed E-state index contributed by atoms with van der Waals surface area (Å²) in [5, 5.41) is 4.36. The number of fused-ring (bicyclic) bond motifs is 1. The summed E-state index contributed by atoms with van der Waals surface area (Å²) in [5.74, 6) is 0.895. The van der Waals surface area contributed by atoms with E-state index >= 15 is 0 Å². The van der Waals surface area contributed by atoms with Gasteiger partial charge in [-0.1, -0.05) is 44.2 Å². The van der Waals surface area contributed by atoms with Gasteiger partial charge in [0.1, 0.15) is 0 Å². The van der Waals surface area contributed by atoms with Crippen molar-refractivity contribution in [2.75, 3.05) is 6.54 Å². The smallest absolute Gasteiger partial charge is 0.151 e. The van der Waals surface area contributed by atoms with Crippen LogP contribution in [0.2, 0.25) is 0 Å². The van der Waals surface area contributed by atoms with Crippen molar-refractivity contribution in [2.45, 2.75) is 55.2 Å². The number of hydrogen-bond acceptors (Lipinski definition) is 4.